The number of anilines is 1. The maximum atomic E-state index is 6.16. The lowest BCUT2D eigenvalue weighted by Gasteiger charge is -2.42. The average Bonchev–Trinajstić information content (AvgIpc) is 2.55. The Morgan fingerprint density at radius 1 is 1.29 bits per heavy atom. The van der Waals surface area contributed by atoms with Crippen molar-refractivity contribution in [1.82, 2.24) is 4.98 Å². The Bertz CT molecular complexity index is 460. The van der Waals surface area contributed by atoms with E-state index in [4.69, 9.17) is 10.7 Å². The maximum Gasteiger partial charge on any atom is 0.131 e. The van der Waals surface area contributed by atoms with Crippen molar-refractivity contribution in [2.75, 3.05) is 18.0 Å². The highest BCUT2D eigenvalue weighted by Crippen LogP contribution is 2.37. The molecular formula is C18H29N3. The van der Waals surface area contributed by atoms with Crippen LogP contribution in [0.5, 0.6) is 0 Å². The molecule has 0 bridgehead atoms. The van der Waals surface area contributed by atoms with Crippen LogP contribution in [0.1, 0.15) is 51.0 Å². The number of nitrogens with zero attached hydrogens (tertiary/aromatic N) is 2. The SMILES string of the molecule is CCC(N)Cc1cccnc1N1CCC2CCCCC2C1. The van der Waals surface area contributed by atoms with Crippen molar-refractivity contribution in [2.45, 2.75) is 57.9 Å². The second kappa shape index (κ2) is 6.78. The first-order chi connectivity index (χ1) is 10.3. The highest BCUT2D eigenvalue weighted by Gasteiger charge is 2.32. The van der Waals surface area contributed by atoms with Crippen molar-refractivity contribution in [3.05, 3.63) is 23.9 Å². The van der Waals surface area contributed by atoms with Crippen molar-refractivity contribution >= 4 is 5.82 Å². The van der Waals surface area contributed by atoms with Gasteiger partial charge in [0.05, 0.1) is 0 Å². The van der Waals surface area contributed by atoms with Gasteiger partial charge in [-0.1, -0.05) is 32.3 Å². The zero-order chi connectivity index (χ0) is 14.7. The summed E-state index contributed by atoms with van der Waals surface area (Å²) >= 11 is 0. The van der Waals surface area contributed by atoms with E-state index in [2.05, 4.69) is 24.0 Å². The third-order valence-electron chi connectivity index (χ3n) is 5.46. The van der Waals surface area contributed by atoms with E-state index in [1.165, 1.54) is 56.6 Å². The summed E-state index contributed by atoms with van der Waals surface area (Å²) < 4.78 is 0. The van der Waals surface area contributed by atoms with Crippen LogP contribution in [-0.4, -0.2) is 24.1 Å². The summed E-state index contributed by atoms with van der Waals surface area (Å²) in [5.41, 5.74) is 7.50. The van der Waals surface area contributed by atoms with E-state index in [-0.39, 0.29) is 6.04 Å². The number of aromatic nitrogens is 1. The summed E-state index contributed by atoms with van der Waals surface area (Å²) in [5, 5.41) is 0. The number of rotatable bonds is 4. The van der Waals surface area contributed by atoms with Gasteiger partial charge in [-0.15, -0.1) is 0 Å². The first-order valence-corrected chi connectivity index (χ1v) is 8.72. The number of nitrogens with two attached hydrogens (primary N) is 1. The van der Waals surface area contributed by atoms with Crippen LogP contribution in [0.4, 0.5) is 5.82 Å². The number of pyridine rings is 1. The highest BCUT2D eigenvalue weighted by atomic mass is 15.2. The van der Waals surface area contributed by atoms with E-state index in [1.807, 2.05) is 6.20 Å². The number of fused-ring (bicyclic) bond motifs is 1. The molecule has 2 heterocycles. The summed E-state index contributed by atoms with van der Waals surface area (Å²) in [7, 11) is 0. The summed E-state index contributed by atoms with van der Waals surface area (Å²) in [6.45, 7) is 4.54. The van der Waals surface area contributed by atoms with Crippen molar-refractivity contribution in [3.8, 4) is 0 Å². The van der Waals surface area contributed by atoms with Crippen LogP contribution in [-0.2, 0) is 6.42 Å². The predicted octanol–water partition coefficient (Wildman–Crippen LogP) is 3.38. The molecule has 2 aliphatic rings. The lowest BCUT2D eigenvalue weighted by molar-refractivity contribution is 0.202. The van der Waals surface area contributed by atoms with Crippen molar-refractivity contribution < 1.29 is 0 Å². The molecular weight excluding hydrogens is 258 g/mol. The largest absolute Gasteiger partial charge is 0.356 e. The van der Waals surface area contributed by atoms with Crippen molar-refractivity contribution in [1.29, 1.82) is 0 Å². The van der Waals surface area contributed by atoms with Crippen LogP contribution in [0.3, 0.4) is 0 Å². The zero-order valence-electron chi connectivity index (χ0n) is 13.3. The fraction of sp³-hybridized carbons (Fsp3) is 0.722. The van der Waals surface area contributed by atoms with E-state index < -0.39 is 0 Å². The molecule has 3 unspecified atom stereocenters. The van der Waals surface area contributed by atoms with Crippen LogP contribution >= 0.6 is 0 Å². The van der Waals surface area contributed by atoms with Gasteiger partial charge in [-0.2, -0.15) is 0 Å². The van der Waals surface area contributed by atoms with Crippen LogP contribution in [0.2, 0.25) is 0 Å². The molecule has 1 saturated heterocycles. The van der Waals surface area contributed by atoms with Crippen LogP contribution in [0.15, 0.2) is 18.3 Å². The summed E-state index contributed by atoms with van der Waals surface area (Å²) in [5.74, 6) is 3.06. The minimum absolute atomic E-state index is 0.250. The molecule has 0 amide bonds. The maximum absolute atomic E-state index is 6.16. The molecule has 1 saturated carbocycles. The lowest BCUT2D eigenvalue weighted by Crippen LogP contribution is -2.42. The monoisotopic (exact) mass is 287 g/mol. The number of hydrogen-bond donors (Lipinski definition) is 1. The Morgan fingerprint density at radius 2 is 2.10 bits per heavy atom. The molecule has 3 rings (SSSR count). The standard InChI is InChI=1S/C18H29N3/c1-2-17(19)12-15-8-5-10-20-18(15)21-11-9-14-6-3-4-7-16(14)13-21/h5,8,10,14,16-17H,2-4,6-7,9,11-13,19H2,1H3. The second-order valence-corrected chi connectivity index (χ2v) is 6.90. The summed E-state index contributed by atoms with van der Waals surface area (Å²) in [4.78, 5) is 7.23. The van der Waals surface area contributed by atoms with Gasteiger partial charge in [-0.05, 0) is 49.1 Å². The normalized spacial score (nSPS) is 27.2. The molecule has 1 aromatic heterocycles. The molecule has 21 heavy (non-hydrogen) atoms. The van der Waals surface area contributed by atoms with E-state index in [0.29, 0.717) is 0 Å². The molecule has 3 nitrogen and oxygen atoms in total. The Morgan fingerprint density at radius 3 is 2.90 bits per heavy atom. The first-order valence-electron chi connectivity index (χ1n) is 8.72. The van der Waals surface area contributed by atoms with E-state index >= 15 is 0 Å². The van der Waals surface area contributed by atoms with Gasteiger partial charge in [0.25, 0.3) is 0 Å². The molecule has 3 atom stereocenters. The van der Waals surface area contributed by atoms with Crippen LogP contribution < -0.4 is 10.6 Å². The second-order valence-electron chi connectivity index (χ2n) is 6.90. The van der Waals surface area contributed by atoms with Gasteiger partial charge in [0, 0.05) is 25.3 Å². The fourth-order valence-corrected chi connectivity index (χ4v) is 4.09. The minimum atomic E-state index is 0.250. The molecule has 1 aliphatic heterocycles. The van der Waals surface area contributed by atoms with E-state index in [0.717, 1.165) is 24.7 Å². The van der Waals surface area contributed by atoms with Gasteiger partial charge in [-0.25, -0.2) is 4.98 Å². The lowest BCUT2D eigenvalue weighted by atomic mass is 9.75. The minimum Gasteiger partial charge on any atom is -0.356 e. The molecule has 2 fully saturated rings. The molecule has 1 aliphatic carbocycles. The van der Waals surface area contributed by atoms with Gasteiger partial charge in [0.1, 0.15) is 5.82 Å². The van der Waals surface area contributed by atoms with Crippen LogP contribution in [0, 0.1) is 11.8 Å². The zero-order valence-corrected chi connectivity index (χ0v) is 13.3. The summed E-state index contributed by atoms with van der Waals surface area (Å²) in [6.07, 6.45) is 11.0. The first kappa shape index (κ1) is 14.8. The number of piperidine rings is 1. The van der Waals surface area contributed by atoms with Crippen molar-refractivity contribution in [3.63, 3.8) is 0 Å². The Hall–Kier alpha value is -1.09. The smallest absolute Gasteiger partial charge is 0.131 e. The Kier molecular flexibility index (Phi) is 4.79. The molecule has 0 radical (unpaired) electrons. The quantitative estimate of drug-likeness (QED) is 0.923. The van der Waals surface area contributed by atoms with Crippen molar-refractivity contribution in [2.24, 2.45) is 17.6 Å². The Balaban J connectivity index is 1.74. The molecule has 3 heteroatoms. The average molecular weight is 287 g/mol. The fourth-order valence-electron chi connectivity index (χ4n) is 4.09. The molecule has 1 aromatic rings. The third kappa shape index (κ3) is 3.39. The topological polar surface area (TPSA) is 42.1 Å². The van der Waals surface area contributed by atoms with Gasteiger partial charge < -0.3 is 10.6 Å². The highest BCUT2D eigenvalue weighted by molar-refractivity contribution is 5.47. The van der Waals surface area contributed by atoms with Crippen LogP contribution in [0.25, 0.3) is 0 Å². The van der Waals surface area contributed by atoms with Gasteiger partial charge in [0.15, 0.2) is 0 Å². The van der Waals surface area contributed by atoms with E-state index in [9.17, 15) is 0 Å². The number of hydrogen-bond acceptors (Lipinski definition) is 3. The van der Waals surface area contributed by atoms with E-state index in [1.54, 1.807) is 0 Å². The molecule has 116 valence electrons. The molecule has 0 spiro atoms. The van der Waals surface area contributed by atoms with Gasteiger partial charge in [0.2, 0.25) is 0 Å². The molecule has 0 aromatic carbocycles. The third-order valence-corrected chi connectivity index (χ3v) is 5.46. The van der Waals surface area contributed by atoms with Gasteiger partial charge in [-0.3, -0.25) is 0 Å². The Labute approximate surface area is 128 Å². The summed E-state index contributed by atoms with van der Waals surface area (Å²) in [6, 6.07) is 4.51. The van der Waals surface area contributed by atoms with Gasteiger partial charge >= 0.3 is 0 Å². The predicted molar refractivity (Wildman–Crippen MR) is 88.5 cm³/mol. The molecule has 2 N–H and O–H groups in total.